The Bertz CT molecular complexity index is 333. The van der Waals surface area contributed by atoms with E-state index in [9.17, 15) is 0 Å². The first-order chi connectivity index (χ1) is 7.51. The van der Waals surface area contributed by atoms with Crippen molar-refractivity contribution >= 4 is 0 Å². The van der Waals surface area contributed by atoms with Crippen molar-refractivity contribution in [2.24, 2.45) is 0 Å². The van der Waals surface area contributed by atoms with E-state index in [1.807, 2.05) is 27.7 Å². The number of hydrogen-bond acceptors (Lipinski definition) is 4. The Morgan fingerprint density at radius 2 is 1.31 bits per heavy atom. The van der Waals surface area contributed by atoms with Crippen molar-refractivity contribution < 1.29 is 20.3 Å². The van der Waals surface area contributed by atoms with Crippen molar-refractivity contribution in [1.29, 1.82) is 0 Å². The summed E-state index contributed by atoms with van der Waals surface area (Å²) < 4.78 is 0. The lowest BCUT2D eigenvalue weighted by Crippen LogP contribution is -2.01. The molecule has 0 unspecified atom stereocenters. The summed E-state index contributed by atoms with van der Waals surface area (Å²) in [6.45, 7) is 7.87. The van der Waals surface area contributed by atoms with Crippen LogP contribution in [0.3, 0.4) is 0 Å². The second-order valence-electron chi connectivity index (χ2n) is 4.42. The minimum Gasteiger partial charge on any atom is -0.340 e. The molecule has 0 heterocycles. The highest BCUT2D eigenvalue weighted by Crippen LogP contribution is 2.37. The fraction of sp³-hybridized carbons (Fsp3) is 0.500. The van der Waals surface area contributed by atoms with Crippen LogP contribution in [0.4, 0.5) is 0 Å². The van der Waals surface area contributed by atoms with E-state index in [1.165, 1.54) is 0 Å². The van der Waals surface area contributed by atoms with E-state index in [1.54, 1.807) is 12.1 Å². The first-order valence-electron chi connectivity index (χ1n) is 5.31. The molecule has 0 atom stereocenters. The third-order valence-corrected chi connectivity index (χ3v) is 2.57. The van der Waals surface area contributed by atoms with Crippen LogP contribution < -0.4 is 9.78 Å². The van der Waals surface area contributed by atoms with Gasteiger partial charge in [-0.3, -0.25) is 0 Å². The van der Waals surface area contributed by atoms with Crippen molar-refractivity contribution in [1.82, 2.24) is 0 Å². The molecule has 1 aromatic carbocycles. The van der Waals surface area contributed by atoms with Crippen LogP contribution in [0, 0.1) is 0 Å². The highest BCUT2D eigenvalue weighted by Gasteiger charge is 2.18. The number of hydrogen-bond donors (Lipinski definition) is 2. The molecular formula is C12H18O4. The van der Waals surface area contributed by atoms with Crippen LogP contribution in [0.2, 0.25) is 0 Å². The summed E-state index contributed by atoms with van der Waals surface area (Å²) in [6.07, 6.45) is 0. The van der Waals surface area contributed by atoms with Gasteiger partial charge < -0.3 is 9.78 Å². The molecule has 0 aliphatic carbocycles. The van der Waals surface area contributed by atoms with Gasteiger partial charge in [0.05, 0.1) is 0 Å². The van der Waals surface area contributed by atoms with Gasteiger partial charge in [-0.05, 0) is 29.5 Å². The molecule has 4 heteroatoms. The molecule has 1 rings (SSSR count). The van der Waals surface area contributed by atoms with Gasteiger partial charge >= 0.3 is 0 Å². The summed E-state index contributed by atoms with van der Waals surface area (Å²) in [5, 5.41) is 17.7. The predicted octanol–water partition coefficient (Wildman–Crippen LogP) is 3.64. The lowest BCUT2D eigenvalue weighted by Gasteiger charge is -2.16. The maximum Gasteiger partial charge on any atom is 0.172 e. The van der Waals surface area contributed by atoms with Gasteiger partial charge in [-0.25, -0.2) is 10.5 Å². The minimum atomic E-state index is 0.0745. The average Bonchev–Trinajstić information content (AvgIpc) is 2.26. The Labute approximate surface area is 95.3 Å². The van der Waals surface area contributed by atoms with E-state index in [4.69, 9.17) is 10.5 Å². The average molecular weight is 226 g/mol. The van der Waals surface area contributed by atoms with Crippen molar-refractivity contribution in [3.63, 3.8) is 0 Å². The highest BCUT2D eigenvalue weighted by molar-refractivity contribution is 5.50. The summed E-state index contributed by atoms with van der Waals surface area (Å²) in [5.41, 5.74) is 1.58. The molecule has 0 saturated heterocycles. The predicted molar refractivity (Wildman–Crippen MR) is 61.1 cm³/mol. The Morgan fingerprint density at radius 1 is 0.875 bits per heavy atom. The Hall–Kier alpha value is -1.26. The van der Waals surface area contributed by atoms with Crippen LogP contribution in [-0.2, 0) is 0 Å². The van der Waals surface area contributed by atoms with E-state index in [-0.39, 0.29) is 11.8 Å². The largest absolute Gasteiger partial charge is 0.340 e. The molecule has 0 saturated carbocycles. The van der Waals surface area contributed by atoms with Crippen LogP contribution in [0.1, 0.15) is 50.7 Å². The normalized spacial score (nSPS) is 11.0. The zero-order valence-electron chi connectivity index (χ0n) is 10.0. The number of rotatable bonds is 4. The second kappa shape index (κ2) is 5.18. The maximum absolute atomic E-state index is 8.86. The molecule has 90 valence electrons. The summed E-state index contributed by atoms with van der Waals surface area (Å²) >= 11 is 0. The topological polar surface area (TPSA) is 58.9 Å². The highest BCUT2D eigenvalue weighted by atomic mass is 17.1. The van der Waals surface area contributed by atoms with Gasteiger partial charge in [-0.1, -0.05) is 27.7 Å². The Morgan fingerprint density at radius 3 is 1.56 bits per heavy atom. The van der Waals surface area contributed by atoms with Crippen LogP contribution in [0.15, 0.2) is 12.1 Å². The first kappa shape index (κ1) is 12.8. The van der Waals surface area contributed by atoms with Crippen LogP contribution in [0.5, 0.6) is 11.5 Å². The molecular weight excluding hydrogens is 208 g/mol. The van der Waals surface area contributed by atoms with Gasteiger partial charge in [0.1, 0.15) is 0 Å². The van der Waals surface area contributed by atoms with E-state index >= 15 is 0 Å². The monoisotopic (exact) mass is 226 g/mol. The summed E-state index contributed by atoms with van der Waals surface area (Å²) in [5.74, 6) is 0.977. The Balaban J connectivity index is 3.37. The third-order valence-electron chi connectivity index (χ3n) is 2.57. The van der Waals surface area contributed by atoms with Crippen molar-refractivity contribution in [3.05, 3.63) is 23.3 Å². The van der Waals surface area contributed by atoms with Gasteiger partial charge in [0.15, 0.2) is 11.5 Å². The number of benzene rings is 1. The second-order valence-corrected chi connectivity index (χ2v) is 4.42. The molecule has 0 spiro atoms. The molecule has 16 heavy (non-hydrogen) atoms. The summed E-state index contributed by atoms with van der Waals surface area (Å²) in [7, 11) is 0. The van der Waals surface area contributed by atoms with E-state index in [0.29, 0.717) is 17.1 Å². The van der Waals surface area contributed by atoms with Gasteiger partial charge in [0, 0.05) is 5.56 Å². The van der Waals surface area contributed by atoms with Crippen molar-refractivity contribution in [3.8, 4) is 11.5 Å². The molecule has 0 fully saturated rings. The smallest absolute Gasteiger partial charge is 0.172 e. The fourth-order valence-electron chi connectivity index (χ4n) is 1.67. The van der Waals surface area contributed by atoms with Gasteiger partial charge in [-0.15, -0.1) is 0 Å². The lowest BCUT2D eigenvalue weighted by molar-refractivity contribution is -0.146. The zero-order chi connectivity index (χ0) is 12.3. The molecule has 0 aromatic heterocycles. The van der Waals surface area contributed by atoms with Crippen LogP contribution >= 0.6 is 0 Å². The Kier molecular flexibility index (Phi) is 4.15. The van der Waals surface area contributed by atoms with Gasteiger partial charge in [-0.2, -0.15) is 0 Å². The van der Waals surface area contributed by atoms with Gasteiger partial charge in [0.25, 0.3) is 0 Å². The lowest BCUT2D eigenvalue weighted by atomic mass is 9.95. The van der Waals surface area contributed by atoms with Crippen LogP contribution in [0.25, 0.3) is 0 Å². The summed E-state index contributed by atoms with van der Waals surface area (Å²) in [6, 6.07) is 3.50. The SMILES string of the molecule is CC(C)c1cc(OO)c(C(C)C)c(OO)c1. The van der Waals surface area contributed by atoms with E-state index < -0.39 is 0 Å². The first-order valence-corrected chi connectivity index (χ1v) is 5.31. The van der Waals surface area contributed by atoms with Crippen molar-refractivity contribution in [2.45, 2.75) is 39.5 Å². The minimum absolute atomic E-state index is 0.0745. The molecule has 2 N–H and O–H groups in total. The zero-order valence-corrected chi connectivity index (χ0v) is 10.0. The quantitative estimate of drug-likeness (QED) is 0.608. The maximum atomic E-state index is 8.86. The molecule has 0 radical (unpaired) electrons. The van der Waals surface area contributed by atoms with E-state index in [0.717, 1.165) is 5.56 Å². The van der Waals surface area contributed by atoms with E-state index in [2.05, 4.69) is 9.78 Å². The van der Waals surface area contributed by atoms with Crippen LogP contribution in [-0.4, -0.2) is 10.5 Å². The standard InChI is InChI=1S/C12H18O4/c1-7(2)9-5-10(15-13)12(8(3)4)11(6-9)16-14/h5-8,13-14H,1-4H3. The molecule has 0 amide bonds. The molecule has 1 aromatic rings. The van der Waals surface area contributed by atoms with Gasteiger partial charge in [0.2, 0.25) is 0 Å². The van der Waals surface area contributed by atoms with Crippen molar-refractivity contribution in [2.75, 3.05) is 0 Å². The third kappa shape index (κ3) is 2.46. The molecule has 4 nitrogen and oxygen atoms in total. The summed E-state index contributed by atoms with van der Waals surface area (Å²) in [4.78, 5) is 8.70. The molecule has 0 aliphatic rings. The molecule has 0 bridgehead atoms. The fourth-order valence-corrected chi connectivity index (χ4v) is 1.67. The molecule has 0 aliphatic heterocycles.